The Balaban J connectivity index is 0.00000106. The first-order chi connectivity index (χ1) is 7.21. The lowest BCUT2D eigenvalue weighted by Gasteiger charge is -2.19. The summed E-state index contributed by atoms with van der Waals surface area (Å²) < 4.78 is 35.1. The molecule has 0 spiro atoms. The van der Waals surface area contributed by atoms with Gasteiger partial charge in [0.05, 0.1) is 12.8 Å². The van der Waals surface area contributed by atoms with Crippen molar-refractivity contribution >= 4 is 0 Å². The lowest BCUT2D eigenvalue weighted by molar-refractivity contribution is 0.0172. The molecule has 1 rings (SSSR count). The molecule has 0 amide bonds. The molecule has 16 heavy (non-hydrogen) atoms. The van der Waals surface area contributed by atoms with Gasteiger partial charge in [0, 0.05) is 12.5 Å². The van der Waals surface area contributed by atoms with E-state index in [0.717, 1.165) is 6.92 Å². The van der Waals surface area contributed by atoms with E-state index in [2.05, 4.69) is 0 Å². The smallest absolute Gasteiger partial charge is 0.270 e. The molecule has 0 aliphatic rings. The number of rotatable bonds is 2. The van der Waals surface area contributed by atoms with Gasteiger partial charge in [0.1, 0.15) is 0 Å². The normalized spacial score (nSPS) is 11.8. The molecule has 1 nitrogen and oxygen atoms in total. The largest absolute Gasteiger partial charge is 0.386 e. The van der Waals surface area contributed by atoms with Crippen molar-refractivity contribution in [1.29, 1.82) is 0 Å². The fourth-order valence-electron chi connectivity index (χ4n) is 1.17. The number of hydrogen-bond acceptors (Lipinski definition) is 1. The molecule has 1 aromatic rings. The first kappa shape index (κ1) is 15.0. The zero-order chi connectivity index (χ0) is 13.0. The van der Waals surface area contributed by atoms with Crippen LogP contribution in [0, 0.1) is 0 Å². The molecule has 1 N–H and O–H groups in total. The van der Waals surface area contributed by atoms with Gasteiger partial charge in [-0.1, -0.05) is 24.3 Å². The van der Waals surface area contributed by atoms with Gasteiger partial charge in [0.2, 0.25) is 0 Å². The average molecular weight is 234 g/mol. The molecule has 4 heteroatoms. The summed E-state index contributed by atoms with van der Waals surface area (Å²) in [7, 11) is 0.500. The van der Waals surface area contributed by atoms with Crippen LogP contribution >= 0.6 is 0 Å². The quantitative estimate of drug-likeness (QED) is 0.828. The maximum absolute atomic E-state index is 12.8. The van der Waals surface area contributed by atoms with E-state index >= 15 is 0 Å². The number of alkyl halides is 3. The lowest BCUT2D eigenvalue weighted by atomic mass is 9.96. The number of benzene rings is 1. The van der Waals surface area contributed by atoms with E-state index in [1.807, 2.05) is 0 Å². The lowest BCUT2D eigenvalue weighted by Crippen LogP contribution is -2.16. The summed E-state index contributed by atoms with van der Waals surface area (Å²) in [6.45, 7) is 4.09. The Labute approximate surface area is 93.9 Å². The Morgan fingerprint density at radius 3 is 1.44 bits per heavy atom. The molecule has 0 fully saturated rings. The van der Waals surface area contributed by atoms with Gasteiger partial charge < -0.3 is 5.11 Å². The van der Waals surface area contributed by atoms with E-state index in [4.69, 9.17) is 0 Å². The van der Waals surface area contributed by atoms with Crippen molar-refractivity contribution in [3.63, 3.8) is 0 Å². The second kappa shape index (κ2) is 5.34. The summed E-state index contributed by atoms with van der Waals surface area (Å²) in [6.07, 6.45) is 0. The van der Waals surface area contributed by atoms with Crippen LogP contribution in [0.15, 0.2) is 24.3 Å². The standard InChI is InChI=1S/C11H14F2O.CH3F/c1-10(2,14)8-4-6-9(7-5-8)11(3,12)13;1-2/h4-7,14H,1-3H3;1H3. The maximum atomic E-state index is 12.8. The molecule has 0 bridgehead atoms. The molecule has 0 aromatic heterocycles. The number of hydrogen-bond donors (Lipinski definition) is 1. The fourth-order valence-corrected chi connectivity index (χ4v) is 1.17. The molecule has 0 saturated heterocycles. The van der Waals surface area contributed by atoms with E-state index in [9.17, 15) is 18.3 Å². The Morgan fingerprint density at radius 2 is 1.19 bits per heavy atom. The summed E-state index contributed by atoms with van der Waals surface area (Å²) in [6, 6.07) is 5.72. The second-order valence-corrected chi connectivity index (χ2v) is 4.02. The zero-order valence-electron chi connectivity index (χ0n) is 9.89. The number of halogens is 3. The van der Waals surface area contributed by atoms with Crippen molar-refractivity contribution in [1.82, 2.24) is 0 Å². The fraction of sp³-hybridized carbons (Fsp3) is 0.500. The van der Waals surface area contributed by atoms with E-state index < -0.39 is 11.5 Å². The topological polar surface area (TPSA) is 20.2 Å². The van der Waals surface area contributed by atoms with Crippen LogP contribution in [0.5, 0.6) is 0 Å². The van der Waals surface area contributed by atoms with Crippen LogP contribution in [0.2, 0.25) is 0 Å². The molecule has 0 heterocycles. The van der Waals surface area contributed by atoms with E-state index in [-0.39, 0.29) is 5.56 Å². The molecule has 0 atom stereocenters. The van der Waals surface area contributed by atoms with Crippen molar-refractivity contribution in [2.24, 2.45) is 0 Å². The van der Waals surface area contributed by atoms with Gasteiger partial charge in [0.15, 0.2) is 0 Å². The van der Waals surface area contributed by atoms with Gasteiger partial charge in [-0.25, -0.2) is 8.78 Å². The van der Waals surface area contributed by atoms with Crippen LogP contribution < -0.4 is 0 Å². The minimum absolute atomic E-state index is 0.0366. The van der Waals surface area contributed by atoms with Crippen LogP contribution in [-0.4, -0.2) is 12.3 Å². The van der Waals surface area contributed by atoms with Crippen LogP contribution in [0.3, 0.4) is 0 Å². The van der Waals surface area contributed by atoms with Crippen molar-refractivity contribution in [2.45, 2.75) is 32.3 Å². The third-order valence-electron chi connectivity index (χ3n) is 2.10. The first-order valence-electron chi connectivity index (χ1n) is 4.80. The summed E-state index contributed by atoms with van der Waals surface area (Å²) in [5, 5.41) is 9.60. The van der Waals surface area contributed by atoms with Crippen molar-refractivity contribution < 1.29 is 18.3 Å². The van der Waals surface area contributed by atoms with Crippen LogP contribution in [0.4, 0.5) is 13.2 Å². The highest BCUT2D eigenvalue weighted by atomic mass is 19.3. The predicted octanol–water partition coefficient (Wildman–Crippen LogP) is 3.61. The van der Waals surface area contributed by atoms with E-state index in [1.54, 1.807) is 13.8 Å². The van der Waals surface area contributed by atoms with E-state index in [0.29, 0.717) is 12.7 Å². The Bertz CT molecular complexity index is 274. The van der Waals surface area contributed by atoms with Crippen molar-refractivity contribution in [3.8, 4) is 0 Å². The monoisotopic (exact) mass is 234 g/mol. The Hall–Kier alpha value is -1.03. The molecule has 0 radical (unpaired) electrons. The van der Waals surface area contributed by atoms with Gasteiger partial charge in [-0.3, -0.25) is 4.39 Å². The highest BCUT2D eigenvalue weighted by Gasteiger charge is 2.24. The molecule has 0 unspecified atom stereocenters. The summed E-state index contributed by atoms with van der Waals surface area (Å²) in [5.41, 5.74) is -0.391. The average Bonchev–Trinajstić information content (AvgIpc) is 2.18. The predicted molar refractivity (Wildman–Crippen MR) is 58.3 cm³/mol. The maximum Gasteiger partial charge on any atom is 0.270 e. The van der Waals surface area contributed by atoms with Crippen LogP contribution in [0.25, 0.3) is 0 Å². The molecule has 0 aliphatic carbocycles. The molecule has 0 aliphatic heterocycles. The van der Waals surface area contributed by atoms with Gasteiger partial charge in [-0.15, -0.1) is 0 Å². The van der Waals surface area contributed by atoms with Crippen LogP contribution in [-0.2, 0) is 11.5 Å². The SMILES string of the molecule is CC(C)(O)c1ccc(C(C)(F)F)cc1.CF. The van der Waals surface area contributed by atoms with Crippen LogP contribution in [0.1, 0.15) is 31.9 Å². The van der Waals surface area contributed by atoms with Crippen molar-refractivity contribution in [3.05, 3.63) is 35.4 Å². The van der Waals surface area contributed by atoms with E-state index in [1.165, 1.54) is 24.3 Å². The number of aliphatic hydroxyl groups is 1. The summed E-state index contributed by atoms with van der Waals surface area (Å²) in [4.78, 5) is 0. The minimum Gasteiger partial charge on any atom is -0.386 e. The Morgan fingerprint density at radius 1 is 0.875 bits per heavy atom. The molecule has 1 aromatic carbocycles. The molecule has 0 saturated carbocycles. The summed E-state index contributed by atoms with van der Waals surface area (Å²) in [5.74, 6) is -2.82. The highest BCUT2D eigenvalue weighted by molar-refractivity contribution is 5.28. The third kappa shape index (κ3) is 4.23. The molecule has 92 valence electrons. The Kier molecular flexibility index (Phi) is 5.00. The highest BCUT2D eigenvalue weighted by Crippen LogP contribution is 2.28. The van der Waals surface area contributed by atoms with Gasteiger partial charge in [-0.2, -0.15) is 0 Å². The van der Waals surface area contributed by atoms with Crippen molar-refractivity contribution in [2.75, 3.05) is 7.18 Å². The van der Waals surface area contributed by atoms with Gasteiger partial charge >= 0.3 is 0 Å². The third-order valence-corrected chi connectivity index (χ3v) is 2.10. The first-order valence-corrected chi connectivity index (χ1v) is 4.80. The minimum atomic E-state index is -2.82. The van der Waals surface area contributed by atoms with Gasteiger partial charge in [-0.05, 0) is 19.4 Å². The zero-order valence-corrected chi connectivity index (χ0v) is 9.89. The molecular formula is C12H17F3O. The van der Waals surface area contributed by atoms with Gasteiger partial charge in [0.25, 0.3) is 5.92 Å². The summed E-state index contributed by atoms with van der Waals surface area (Å²) >= 11 is 0. The molecular weight excluding hydrogens is 217 g/mol. The second-order valence-electron chi connectivity index (χ2n) is 4.02.